The van der Waals surface area contributed by atoms with Crippen molar-refractivity contribution in [2.24, 2.45) is 0 Å². The second-order valence-corrected chi connectivity index (χ2v) is 6.49. The van der Waals surface area contributed by atoms with E-state index in [1.165, 1.54) is 0 Å². The van der Waals surface area contributed by atoms with E-state index < -0.39 is 0 Å². The number of rotatable bonds is 9. The largest absolute Gasteiger partial charge is 0.497 e. The van der Waals surface area contributed by atoms with Crippen LogP contribution in [0.4, 0.5) is 11.6 Å². The van der Waals surface area contributed by atoms with Crippen molar-refractivity contribution >= 4 is 17.5 Å². The van der Waals surface area contributed by atoms with Crippen LogP contribution in [0.25, 0.3) is 0 Å². The highest BCUT2D eigenvalue weighted by molar-refractivity contribution is 5.76. The number of morpholine rings is 1. The maximum atomic E-state index is 12.0. The summed E-state index contributed by atoms with van der Waals surface area (Å²) in [6.07, 6.45) is 2.72. The Labute approximate surface area is 165 Å². The molecular formula is C20H27N5O3. The number of anilines is 2. The molecule has 2 N–H and O–H groups in total. The summed E-state index contributed by atoms with van der Waals surface area (Å²) in [4.78, 5) is 22.7. The molecule has 0 bridgehead atoms. The lowest BCUT2D eigenvalue weighted by Crippen LogP contribution is -2.36. The van der Waals surface area contributed by atoms with Crippen LogP contribution in [0.2, 0.25) is 0 Å². The quantitative estimate of drug-likeness (QED) is 0.632. The molecule has 2 heterocycles. The third kappa shape index (κ3) is 6.09. The molecule has 0 atom stereocenters. The Balaban J connectivity index is 1.35. The Morgan fingerprint density at radius 1 is 1.18 bits per heavy atom. The van der Waals surface area contributed by atoms with Gasteiger partial charge in [-0.2, -0.15) is 0 Å². The fourth-order valence-corrected chi connectivity index (χ4v) is 2.94. The highest BCUT2D eigenvalue weighted by atomic mass is 16.5. The maximum absolute atomic E-state index is 12.0. The molecule has 1 saturated heterocycles. The predicted octanol–water partition coefficient (Wildman–Crippen LogP) is 1.48. The Morgan fingerprint density at radius 3 is 2.71 bits per heavy atom. The first-order valence-electron chi connectivity index (χ1n) is 9.53. The second kappa shape index (κ2) is 10.5. The molecule has 3 rings (SSSR count). The van der Waals surface area contributed by atoms with E-state index in [-0.39, 0.29) is 5.91 Å². The number of nitrogens with zero attached hydrogens (tertiary/aromatic N) is 3. The van der Waals surface area contributed by atoms with E-state index in [1.807, 2.05) is 30.3 Å². The minimum atomic E-state index is 0.0364. The topological polar surface area (TPSA) is 88.6 Å². The van der Waals surface area contributed by atoms with E-state index in [0.29, 0.717) is 25.9 Å². The normalized spacial score (nSPS) is 13.8. The SMILES string of the molecule is COc1ccc(CCC(=O)NCCNc2cc(N3CCOCC3)ncn2)cc1. The van der Waals surface area contributed by atoms with E-state index in [2.05, 4.69) is 25.5 Å². The lowest BCUT2D eigenvalue weighted by molar-refractivity contribution is -0.120. The first kappa shape index (κ1) is 19.9. The van der Waals surface area contributed by atoms with Gasteiger partial charge in [-0.05, 0) is 24.1 Å². The Morgan fingerprint density at radius 2 is 1.96 bits per heavy atom. The van der Waals surface area contributed by atoms with Crippen LogP contribution in [-0.4, -0.2) is 62.4 Å². The molecule has 150 valence electrons. The number of carbonyl (C=O) groups is 1. The van der Waals surface area contributed by atoms with Crippen molar-refractivity contribution in [3.05, 3.63) is 42.2 Å². The predicted molar refractivity (Wildman–Crippen MR) is 108 cm³/mol. The Hall–Kier alpha value is -2.87. The minimum absolute atomic E-state index is 0.0364. The number of amides is 1. The minimum Gasteiger partial charge on any atom is -0.497 e. The third-order valence-electron chi connectivity index (χ3n) is 4.54. The average molecular weight is 385 g/mol. The molecule has 1 amide bonds. The van der Waals surface area contributed by atoms with Gasteiger partial charge in [-0.1, -0.05) is 12.1 Å². The van der Waals surface area contributed by atoms with Crippen molar-refractivity contribution in [2.45, 2.75) is 12.8 Å². The highest BCUT2D eigenvalue weighted by Crippen LogP contribution is 2.15. The van der Waals surface area contributed by atoms with Crippen molar-refractivity contribution in [2.75, 3.05) is 56.7 Å². The Bertz CT molecular complexity index is 748. The number of hydrogen-bond acceptors (Lipinski definition) is 7. The number of nitrogens with one attached hydrogen (secondary N) is 2. The zero-order chi connectivity index (χ0) is 19.6. The van der Waals surface area contributed by atoms with Gasteiger partial charge in [-0.3, -0.25) is 4.79 Å². The van der Waals surface area contributed by atoms with Crippen molar-refractivity contribution < 1.29 is 14.3 Å². The number of hydrogen-bond donors (Lipinski definition) is 2. The van der Waals surface area contributed by atoms with Crippen LogP contribution in [0.3, 0.4) is 0 Å². The van der Waals surface area contributed by atoms with Gasteiger partial charge in [0.05, 0.1) is 20.3 Å². The summed E-state index contributed by atoms with van der Waals surface area (Å²) in [6, 6.07) is 9.70. The van der Waals surface area contributed by atoms with Gasteiger partial charge >= 0.3 is 0 Å². The van der Waals surface area contributed by atoms with Gasteiger partial charge in [0.15, 0.2) is 0 Å². The molecule has 28 heavy (non-hydrogen) atoms. The van der Waals surface area contributed by atoms with Gasteiger partial charge < -0.3 is 25.0 Å². The standard InChI is InChI=1S/C20H27N5O3/c1-27-17-5-2-16(3-6-17)4-7-20(26)22-9-8-21-18-14-19(24-15-23-18)25-10-12-28-13-11-25/h2-3,5-6,14-15H,4,7-13H2,1H3,(H,22,26)(H,21,23,24). The van der Waals surface area contributed by atoms with Crippen molar-refractivity contribution in [3.8, 4) is 5.75 Å². The first-order chi connectivity index (χ1) is 13.7. The van der Waals surface area contributed by atoms with E-state index in [1.54, 1.807) is 13.4 Å². The molecular weight excluding hydrogens is 358 g/mol. The number of benzene rings is 1. The van der Waals surface area contributed by atoms with Crippen LogP contribution in [-0.2, 0) is 16.0 Å². The number of carbonyl (C=O) groups excluding carboxylic acids is 1. The van der Waals surface area contributed by atoms with Crippen LogP contribution in [0.15, 0.2) is 36.7 Å². The molecule has 1 aromatic heterocycles. The van der Waals surface area contributed by atoms with E-state index in [0.717, 1.165) is 49.3 Å². The molecule has 1 fully saturated rings. The fraction of sp³-hybridized carbons (Fsp3) is 0.450. The van der Waals surface area contributed by atoms with Crippen LogP contribution in [0, 0.1) is 0 Å². The van der Waals surface area contributed by atoms with E-state index in [9.17, 15) is 4.79 Å². The zero-order valence-electron chi connectivity index (χ0n) is 16.2. The van der Waals surface area contributed by atoms with Crippen molar-refractivity contribution in [1.82, 2.24) is 15.3 Å². The van der Waals surface area contributed by atoms with E-state index in [4.69, 9.17) is 9.47 Å². The molecule has 1 aliphatic rings. The van der Waals surface area contributed by atoms with Gasteiger partial charge in [0.1, 0.15) is 23.7 Å². The summed E-state index contributed by atoms with van der Waals surface area (Å²) in [6.45, 7) is 4.25. The maximum Gasteiger partial charge on any atom is 0.220 e. The van der Waals surface area contributed by atoms with Crippen molar-refractivity contribution in [3.63, 3.8) is 0 Å². The number of ether oxygens (including phenoxy) is 2. The molecule has 8 nitrogen and oxygen atoms in total. The number of aromatic nitrogens is 2. The summed E-state index contributed by atoms with van der Waals surface area (Å²) >= 11 is 0. The molecule has 0 saturated carbocycles. The molecule has 2 aromatic rings. The van der Waals surface area contributed by atoms with E-state index >= 15 is 0 Å². The van der Waals surface area contributed by atoms with Gasteiger partial charge in [0, 0.05) is 38.7 Å². The van der Waals surface area contributed by atoms with Crippen LogP contribution in [0.1, 0.15) is 12.0 Å². The summed E-state index contributed by atoms with van der Waals surface area (Å²) in [5, 5.41) is 6.16. The van der Waals surface area contributed by atoms with Gasteiger partial charge in [-0.25, -0.2) is 9.97 Å². The third-order valence-corrected chi connectivity index (χ3v) is 4.54. The second-order valence-electron chi connectivity index (χ2n) is 6.49. The molecule has 0 aliphatic carbocycles. The summed E-state index contributed by atoms with van der Waals surface area (Å²) in [5.74, 6) is 2.50. The molecule has 8 heteroatoms. The number of methoxy groups -OCH3 is 1. The smallest absolute Gasteiger partial charge is 0.220 e. The molecule has 0 unspecified atom stereocenters. The lowest BCUT2D eigenvalue weighted by atomic mass is 10.1. The van der Waals surface area contributed by atoms with Crippen LogP contribution < -0.4 is 20.3 Å². The fourth-order valence-electron chi connectivity index (χ4n) is 2.94. The highest BCUT2D eigenvalue weighted by Gasteiger charge is 2.12. The van der Waals surface area contributed by atoms with Crippen LogP contribution in [0.5, 0.6) is 5.75 Å². The average Bonchev–Trinajstić information content (AvgIpc) is 2.76. The zero-order valence-corrected chi connectivity index (χ0v) is 16.2. The first-order valence-corrected chi connectivity index (χ1v) is 9.53. The summed E-state index contributed by atoms with van der Waals surface area (Å²) in [7, 11) is 1.64. The molecule has 1 aromatic carbocycles. The number of aryl methyl sites for hydroxylation is 1. The van der Waals surface area contributed by atoms with Gasteiger partial charge in [-0.15, -0.1) is 0 Å². The Kier molecular flexibility index (Phi) is 7.43. The van der Waals surface area contributed by atoms with Gasteiger partial charge in [0.2, 0.25) is 5.91 Å². The monoisotopic (exact) mass is 385 g/mol. The molecule has 0 spiro atoms. The van der Waals surface area contributed by atoms with Crippen LogP contribution >= 0.6 is 0 Å². The summed E-state index contributed by atoms with van der Waals surface area (Å²) < 4.78 is 10.5. The molecule has 0 radical (unpaired) electrons. The lowest BCUT2D eigenvalue weighted by Gasteiger charge is -2.27. The molecule has 1 aliphatic heterocycles. The van der Waals surface area contributed by atoms with Gasteiger partial charge in [0.25, 0.3) is 0 Å². The summed E-state index contributed by atoms with van der Waals surface area (Å²) in [5.41, 5.74) is 1.12. The van der Waals surface area contributed by atoms with Crippen molar-refractivity contribution in [1.29, 1.82) is 0 Å².